The first-order valence-corrected chi connectivity index (χ1v) is 5.44. The Hall–Kier alpha value is -1.54. The molecular weight excluding hydrogens is 196 g/mol. The Morgan fingerprint density at radius 2 is 1.44 bits per heavy atom. The molecule has 0 saturated carbocycles. The van der Waals surface area contributed by atoms with Gasteiger partial charge in [0.25, 0.3) is 0 Å². The van der Waals surface area contributed by atoms with Crippen molar-refractivity contribution >= 4 is 16.5 Å². The highest BCUT2D eigenvalue weighted by Crippen LogP contribution is 2.24. The zero-order chi connectivity index (χ0) is 12.0. The van der Waals surface area contributed by atoms with Crippen LogP contribution in [0.5, 0.6) is 0 Å². The molecule has 0 unspecified atom stereocenters. The lowest BCUT2D eigenvalue weighted by molar-refractivity contribution is 1.02. The summed E-state index contributed by atoms with van der Waals surface area (Å²) >= 11 is 0. The van der Waals surface area contributed by atoms with Gasteiger partial charge in [0.2, 0.25) is 0 Å². The normalized spacial score (nSPS) is 9.50. The van der Waals surface area contributed by atoms with Crippen LogP contribution in [0, 0.1) is 0 Å². The maximum atomic E-state index is 2.75. The van der Waals surface area contributed by atoms with E-state index in [1.807, 2.05) is 14.1 Å². The Labute approximate surface area is 97.9 Å². The monoisotopic (exact) mass is 216 g/mol. The topological polar surface area (TPSA) is 15.3 Å². The van der Waals surface area contributed by atoms with E-state index in [2.05, 4.69) is 66.8 Å². The average Bonchev–Trinajstić information content (AvgIpc) is 2.29. The Morgan fingerprint density at radius 1 is 0.875 bits per heavy atom. The van der Waals surface area contributed by atoms with E-state index in [1.54, 1.807) is 0 Å². The maximum absolute atomic E-state index is 2.75. The van der Waals surface area contributed by atoms with Crippen molar-refractivity contribution in [2.45, 2.75) is 0 Å². The minimum atomic E-state index is 1.28. The summed E-state index contributed by atoms with van der Waals surface area (Å²) in [6, 6.07) is 14.8. The van der Waals surface area contributed by atoms with E-state index in [0.717, 1.165) is 0 Å². The number of rotatable bonds is 1. The molecule has 2 heteroatoms. The largest absolute Gasteiger partial charge is 0.377 e. The summed E-state index contributed by atoms with van der Waals surface area (Å²) in [6.45, 7) is 0. The fourth-order valence-electron chi connectivity index (χ4n) is 1.60. The van der Waals surface area contributed by atoms with Crippen LogP contribution in [-0.2, 0) is 0 Å². The number of nitrogens with one attached hydrogen (secondary N) is 1. The van der Waals surface area contributed by atoms with Crippen LogP contribution in [0.25, 0.3) is 10.8 Å². The molecular formula is C14H20N2. The molecule has 16 heavy (non-hydrogen) atoms. The standard InChI is InChI=1S/C12H13N.C2H7N/c1-13(2)12-9-5-7-10-6-3-4-8-11(10)12;1-3-2/h3-9H,1-2H3;3H,1-2H3. The van der Waals surface area contributed by atoms with Crippen molar-refractivity contribution in [2.75, 3.05) is 33.1 Å². The van der Waals surface area contributed by atoms with Crippen LogP contribution in [-0.4, -0.2) is 28.2 Å². The van der Waals surface area contributed by atoms with E-state index >= 15 is 0 Å². The summed E-state index contributed by atoms with van der Waals surface area (Å²) in [7, 11) is 7.89. The maximum Gasteiger partial charge on any atom is 0.0440 e. The van der Waals surface area contributed by atoms with Crippen LogP contribution < -0.4 is 10.2 Å². The number of anilines is 1. The van der Waals surface area contributed by atoms with Crippen molar-refractivity contribution < 1.29 is 0 Å². The van der Waals surface area contributed by atoms with E-state index in [4.69, 9.17) is 0 Å². The molecule has 2 aromatic rings. The van der Waals surface area contributed by atoms with Crippen LogP contribution in [0.4, 0.5) is 5.69 Å². The van der Waals surface area contributed by atoms with Crippen molar-refractivity contribution in [2.24, 2.45) is 0 Å². The van der Waals surface area contributed by atoms with Gasteiger partial charge in [0.05, 0.1) is 0 Å². The molecule has 1 N–H and O–H groups in total. The van der Waals surface area contributed by atoms with Crippen molar-refractivity contribution in [3.8, 4) is 0 Å². The molecule has 0 aliphatic carbocycles. The summed E-state index contributed by atoms with van der Waals surface area (Å²) in [5, 5.41) is 5.36. The summed E-state index contributed by atoms with van der Waals surface area (Å²) < 4.78 is 0. The first kappa shape index (κ1) is 12.5. The van der Waals surface area contributed by atoms with E-state index < -0.39 is 0 Å². The summed E-state index contributed by atoms with van der Waals surface area (Å²) in [5.41, 5.74) is 1.28. The van der Waals surface area contributed by atoms with Gasteiger partial charge in [-0.3, -0.25) is 0 Å². The molecule has 0 amide bonds. The van der Waals surface area contributed by atoms with Gasteiger partial charge in [-0.05, 0) is 25.5 Å². The zero-order valence-corrected chi connectivity index (χ0v) is 10.5. The summed E-state index contributed by atoms with van der Waals surface area (Å²) in [6.07, 6.45) is 0. The molecule has 0 aliphatic rings. The second-order valence-corrected chi connectivity index (χ2v) is 3.89. The second-order valence-electron chi connectivity index (χ2n) is 3.89. The number of benzene rings is 2. The number of hydrogen-bond donors (Lipinski definition) is 1. The average molecular weight is 216 g/mol. The first-order chi connectivity index (χ1) is 7.70. The van der Waals surface area contributed by atoms with Gasteiger partial charge < -0.3 is 10.2 Å². The third kappa shape index (κ3) is 2.97. The molecule has 86 valence electrons. The zero-order valence-electron chi connectivity index (χ0n) is 10.5. The molecule has 0 atom stereocenters. The van der Waals surface area contributed by atoms with Crippen molar-refractivity contribution in [3.05, 3.63) is 42.5 Å². The Morgan fingerprint density at radius 3 is 2.06 bits per heavy atom. The quantitative estimate of drug-likeness (QED) is 0.788. The van der Waals surface area contributed by atoms with Gasteiger partial charge in [-0.25, -0.2) is 0 Å². The molecule has 2 rings (SSSR count). The third-order valence-corrected chi connectivity index (χ3v) is 2.25. The number of hydrogen-bond acceptors (Lipinski definition) is 2. The Kier molecular flexibility index (Phi) is 4.80. The van der Waals surface area contributed by atoms with Crippen LogP contribution in [0.3, 0.4) is 0 Å². The van der Waals surface area contributed by atoms with Gasteiger partial charge in [-0.1, -0.05) is 36.4 Å². The van der Waals surface area contributed by atoms with Gasteiger partial charge in [0, 0.05) is 25.2 Å². The highest BCUT2D eigenvalue weighted by molar-refractivity contribution is 5.94. The lowest BCUT2D eigenvalue weighted by Crippen LogP contribution is -2.08. The molecule has 0 fully saturated rings. The minimum absolute atomic E-state index is 1.28. The number of fused-ring (bicyclic) bond motifs is 1. The summed E-state index contributed by atoms with van der Waals surface area (Å²) in [5.74, 6) is 0. The van der Waals surface area contributed by atoms with E-state index in [9.17, 15) is 0 Å². The molecule has 0 heterocycles. The number of nitrogens with zero attached hydrogens (tertiary/aromatic N) is 1. The Bertz CT molecular complexity index is 430. The third-order valence-electron chi connectivity index (χ3n) is 2.25. The molecule has 0 aliphatic heterocycles. The van der Waals surface area contributed by atoms with Crippen molar-refractivity contribution in [3.63, 3.8) is 0 Å². The second kappa shape index (κ2) is 6.13. The highest BCUT2D eigenvalue weighted by atomic mass is 15.1. The van der Waals surface area contributed by atoms with E-state index in [-0.39, 0.29) is 0 Å². The summed E-state index contributed by atoms with van der Waals surface area (Å²) in [4.78, 5) is 2.14. The lowest BCUT2D eigenvalue weighted by Gasteiger charge is -2.14. The van der Waals surface area contributed by atoms with Gasteiger partial charge in [0.1, 0.15) is 0 Å². The van der Waals surface area contributed by atoms with Gasteiger partial charge >= 0.3 is 0 Å². The van der Waals surface area contributed by atoms with Gasteiger partial charge in [0.15, 0.2) is 0 Å². The molecule has 0 radical (unpaired) electrons. The fraction of sp³-hybridized carbons (Fsp3) is 0.286. The van der Waals surface area contributed by atoms with Crippen LogP contribution >= 0.6 is 0 Å². The fourth-order valence-corrected chi connectivity index (χ4v) is 1.60. The van der Waals surface area contributed by atoms with Gasteiger partial charge in [-0.2, -0.15) is 0 Å². The van der Waals surface area contributed by atoms with Crippen molar-refractivity contribution in [1.82, 2.24) is 5.32 Å². The molecule has 0 bridgehead atoms. The predicted octanol–water partition coefficient (Wildman–Crippen LogP) is 2.74. The van der Waals surface area contributed by atoms with Crippen LogP contribution in [0.1, 0.15) is 0 Å². The SMILES string of the molecule is CN(C)c1cccc2ccccc12.CNC. The Balaban J connectivity index is 0.000000386. The van der Waals surface area contributed by atoms with Crippen molar-refractivity contribution in [1.29, 1.82) is 0 Å². The molecule has 2 nitrogen and oxygen atoms in total. The van der Waals surface area contributed by atoms with E-state index in [1.165, 1.54) is 16.5 Å². The molecule has 0 aromatic heterocycles. The lowest BCUT2D eigenvalue weighted by atomic mass is 10.1. The van der Waals surface area contributed by atoms with Gasteiger partial charge in [-0.15, -0.1) is 0 Å². The molecule has 0 spiro atoms. The van der Waals surface area contributed by atoms with E-state index in [0.29, 0.717) is 0 Å². The first-order valence-electron chi connectivity index (χ1n) is 5.44. The minimum Gasteiger partial charge on any atom is -0.377 e. The highest BCUT2D eigenvalue weighted by Gasteiger charge is 1.99. The van der Waals surface area contributed by atoms with Crippen LogP contribution in [0.2, 0.25) is 0 Å². The molecule has 0 saturated heterocycles. The predicted molar refractivity (Wildman–Crippen MR) is 73.3 cm³/mol. The molecule has 2 aromatic carbocycles. The smallest absolute Gasteiger partial charge is 0.0440 e. The van der Waals surface area contributed by atoms with Crippen LogP contribution in [0.15, 0.2) is 42.5 Å².